The van der Waals surface area contributed by atoms with Crippen LogP contribution in [-0.4, -0.2) is 23.8 Å². The molecule has 0 bridgehead atoms. The van der Waals surface area contributed by atoms with Crippen LogP contribution in [0.15, 0.2) is 0 Å². The van der Waals surface area contributed by atoms with Crippen molar-refractivity contribution in [3.8, 4) is 0 Å². The number of nitrogens with one attached hydrogen (secondary N) is 1. The van der Waals surface area contributed by atoms with Crippen LogP contribution in [0.1, 0.15) is 65.7 Å². The molecule has 0 amide bonds. The summed E-state index contributed by atoms with van der Waals surface area (Å²) in [5.74, 6) is 2.97. The van der Waals surface area contributed by atoms with E-state index in [0.29, 0.717) is 24.6 Å². The summed E-state index contributed by atoms with van der Waals surface area (Å²) < 4.78 is 0. The summed E-state index contributed by atoms with van der Waals surface area (Å²) in [5.41, 5.74) is 0. The van der Waals surface area contributed by atoms with Gasteiger partial charge in [0, 0.05) is 18.7 Å². The second-order valence-corrected chi connectivity index (χ2v) is 7.43. The molecular formula is C17H33NO. The molecule has 2 rings (SSSR count). The van der Waals surface area contributed by atoms with Crippen molar-refractivity contribution in [2.75, 3.05) is 6.61 Å². The van der Waals surface area contributed by atoms with Gasteiger partial charge in [-0.1, -0.05) is 40.0 Å². The third kappa shape index (κ3) is 3.95. The summed E-state index contributed by atoms with van der Waals surface area (Å²) in [7, 11) is 0. The molecule has 0 saturated heterocycles. The summed E-state index contributed by atoms with van der Waals surface area (Å²) in [4.78, 5) is 0. The normalized spacial score (nSPS) is 40.6. The number of hydrogen-bond donors (Lipinski definition) is 2. The van der Waals surface area contributed by atoms with Gasteiger partial charge in [0.05, 0.1) is 0 Å². The van der Waals surface area contributed by atoms with Gasteiger partial charge < -0.3 is 10.4 Å². The molecule has 0 radical (unpaired) electrons. The Labute approximate surface area is 119 Å². The minimum Gasteiger partial charge on any atom is -0.396 e. The van der Waals surface area contributed by atoms with Crippen LogP contribution in [0.25, 0.3) is 0 Å². The van der Waals surface area contributed by atoms with E-state index in [0.717, 1.165) is 17.8 Å². The van der Waals surface area contributed by atoms with Gasteiger partial charge in [-0.2, -0.15) is 0 Å². The van der Waals surface area contributed by atoms with Crippen LogP contribution in [0.5, 0.6) is 0 Å². The summed E-state index contributed by atoms with van der Waals surface area (Å²) in [6, 6.07) is 1.25. The summed E-state index contributed by atoms with van der Waals surface area (Å²) in [6.07, 6.45) is 9.23. The van der Waals surface area contributed by atoms with Gasteiger partial charge in [-0.15, -0.1) is 0 Å². The standard InChI is InChI=1S/C17H33NO/c1-12(2)15-9-8-13(3)10-17(15)18-16-7-5-4-6-14(16)11-19/h12-19H,4-11H2,1-3H3. The monoisotopic (exact) mass is 267 g/mol. The Hall–Kier alpha value is -0.0800. The van der Waals surface area contributed by atoms with Crippen molar-refractivity contribution in [1.82, 2.24) is 5.32 Å². The summed E-state index contributed by atoms with van der Waals surface area (Å²) in [5, 5.41) is 13.5. The molecule has 0 aromatic rings. The second-order valence-electron chi connectivity index (χ2n) is 7.43. The molecule has 0 aliphatic heterocycles. The van der Waals surface area contributed by atoms with E-state index in [1.807, 2.05) is 0 Å². The Morgan fingerprint density at radius 1 is 1.05 bits per heavy atom. The lowest BCUT2D eigenvalue weighted by Crippen LogP contribution is -2.51. The first kappa shape index (κ1) is 15.3. The zero-order chi connectivity index (χ0) is 13.8. The first-order chi connectivity index (χ1) is 9.11. The van der Waals surface area contributed by atoms with Gasteiger partial charge in [-0.25, -0.2) is 0 Å². The SMILES string of the molecule is CC1CCC(C(C)C)C(NC2CCCCC2CO)C1. The van der Waals surface area contributed by atoms with E-state index in [1.165, 1.54) is 44.9 Å². The fourth-order valence-corrected chi connectivity index (χ4v) is 4.31. The van der Waals surface area contributed by atoms with Gasteiger partial charge in [0.2, 0.25) is 0 Å². The number of rotatable bonds is 4. The molecule has 0 aromatic carbocycles. The Morgan fingerprint density at radius 3 is 2.47 bits per heavy atom. The lowest BCUT2D eigenvalue weighted by Gasteiger charge is -2.42. The van der Waals surface area contributed by atoms with Crippen LogP contribution in [0.4, 0.5) is 0 Å². The van der Waals surface area contributed by atoms with E-state index in [-0.39, 0.29) is 0 Å². The van der Waals surface area contributed by atoms with Crippen LogP contribution in [0.2, 0.25) is 0 Å². The Morgan fingerprint density at radius 2 is 1.79 bits per heavy atom. The molecule has 2 fully saturated rings. The Bertz CT molecular complexity index is 266. The Kier molecular flexibility index (Phi) is 5.70. The largest absolute Gasteiger partial charge is 0.396 e. The number of hydrogen-bond acceptors (Lipinski definition) is 2. The lowest BCUT2D eigenvalue weighted by molar-refractivity contribution is 0.106. The predicted octanol–water partition coefficient (Wildman–Crippen LogP) is 3.59. The van der Waals surface area contributed by atoms with Gasteiger partial charge in [0.25, 0.3) is 0 Å². The zero-order valence-electron chi connectivity index (χ0n) is 13.1. The third-order valence-corrected chi connectivity index (χ3v) is 5.59. The summed E-state index contributed by atoms with van der Waals surface area (Å²) in [6.45, 7) is 7.52. The van der Waals surface area contributed by atoms with Crippen molar-refractivity contribution >= 4 is 0 Å². The van der Waals surface area contributed by atoms with E-state index >= 15 is 0 Å². The molecule has 0 aromatic heterocycles. The molecule has 2 nitrogen and oxygen atoms in total. The molecule has 2 saturated carbocycles. The molecule has 112 valence electrons. The smallest absolute Gasteiger partial charge is 0.0474 e. The molecule has 0 spiro atoms. The zero-order valence-corrected chi connectivity index (χ0v) is 13.1. The van der Waals surface area contributed by atoms with Crippen LogP contribution >= 0.6 is 0 Å². The summed E-state index contributed by atoms with van der Waals surface area (Å²) >= 11 is 0. The van der Waals surface area contributed by atoms with Crippen molar-refractivity contribution in [2.45, 2.75) is 77.8 Å². The highest BCUT2D eigenvalue weighted by atomic mass is 16.3. The maximum Gasteiger partial charge on any atom is 0.0474 e. The molecule has 5 atom stereocenters. The first-order valence-electron chi connectivity index (χ1n) is 8.48. The van der Waals surface area contributed by atoms with Crippen molar-refractivity contribution in [1.29, 1.82) is 0 Å². The average Bonchev–Trinajstić information content (AvgIpc) is 2.39. The van der Waals surface area contributed by atoms with E-state index in [4.69, 9.17) is 0 Å². The van der Waals surface area contributed by atoms with Gasteiger partial charge >= 0.3 is 0 Å². The first-order valence-corrected chi connectivity index (χ1v) is 8.48. The van der Waals surface area contributed by atoms with Gasteiger partial charge in [0.1, 0.15) is 0 Å². The molecule has 5 unspecified atom stereocenters. The van der Waals surface area contributed by atoms with E-state index < -0.39 is 0 Å². The van der Waals surface area contributed by atoms with Crippen LogP contribution in [0.3, 0.4) is 0 Å². The van der Waals surface area contributed by atoms with Crippen LogP contribution < -0.4 is 5.32 Å². The molecule has 2 heteroatoms. The minimum atomic E-state index is 0.367. The predicted molar refractivity (Wildman–Crippen MR) is 81.1 cm³/mol. The van der Waals surface area contributed by atoms with Crippen LogP contribution in [0, 0.1) is 23.7 Å². The van der Waals surface area contributed by atoms with Crippen LogP contribution in [-0.2, 0) is 0 Å². The van der Waals surface area contributed by atoms with Crippen molar-refractivity contribution in [2.24, 2.45) is 23.7 Å². The second kappa shape index (κ2) is 7.08. The highest BCUT2D eigenvalue weighted by Crippen LogP contribution is 2.35. The maximum atomic E-state index is 9.58. The number of aliphatic hydroxyl groups is 1. The topological polar surface area (TPSA) is 32.3 Å². The maximum absolute atomic E-state index is 9.58. The fourth-order valence-electron chi connectivity index (χ4n) is 4.31. The highest BCUT2D eigenvalue weighted by molar-refractivity contribution is 4.90. The van der Waals surface area contributed by atoms with E-state index in [1.54, 1.807) is 0 Å². The van der Waals surface area contributed by atoms with Crippen molar-refractivity contribution in [3.05, 3.63) is 0 Å². The lowest BCUT2D eigenvalue weighted by atomic mass is 9.73. The van der Waals surface area contributed by atoms with Gasteiger partial charge in [0.15, 0.2) is 0 Å². The molecule has 2 aliphatic carbocycles. The molecule has 0 heterocycles. The highest BCUT2D eigenvalue weighted by Gasteiger charge is 2.34. The van der Waals surface area contributed by atoms with E-state index in [9.17, 15) is 5.11 Å². The Balaban J connectivity index is 1.97. The van der Waals surface area contributed by atoms with E-state index in [2.05, 4.69) is 26.1 Å². The molecule has 19 heavy (non-hydrogen) atoms. The molecule has 2 aliphatic rings. The quantitative estimate of drug-likeness (QED) is 0.816. The minimum absolute atomic E-state index is 0.367. The van der Waals surface area contributed by atoms with Crippen molar-refractivity contribution in [3.63, 3.8) is 0 Å². The molecule has 2 N–H and O–H groups in total. The van der Waals surface area contributed by atoms with Gasteiger partial charge in [-0.05, 0) is 49.4 Å². The average molecular weight is 267 g/mol. The fraction of sp³-hybridized carbons (Fsp3) is 1.00. The number of aliphatic hydroxyl groups excluding tert-OH is 1. The molecular weight excluding hydrogens is 234 g/mol. The van der Waals surface area contributed by atoms with Crippen molar-refractivity contribution < 1.29 is 5.11 Å². The van der Waals surface area contributed by atoms with Gasteiger partial charge in [-0.3, -0.25) is 0 Å². The third-order valence-electron chi connectivity index (χ3n) is 5.59.